The van der Waals surface area contributed by atoms with Gasteiger partial charge in [0.2, 0.25) is 5.91 Å². The van der Waals surface area contributed by atoms with Crippen molar-refractivity contribution in [2.24, 2.45) is 5.92 Å². The number of halogens is 1. The molecule has 0 bridgehead atoms. The van der Waals surface area contributed by atoms with Gasteiger partial charge in [0, 0.05) is 49.8 Å². The Morgan fingerprint density at radius 3 is 2.19 bits per heavy atom. The summed E-state index contributed by atoms with van der Waals surface area (Å²) in [5.41, 5.74) is 2.08. The number of anilines is 2. The second kappa shape index (κ2) is 9.92. The van der Waals surface area contributed by atoms with Crippen molar-refractivity contribution in [1.82, 2.24) is 4.90 Å². The third kappa shape index (κ3) is 5.41. The van der Waals surface area contributed by atoms with Gasteiger partial charge in [-0.15, -0.1) is 0 Å². The molecule has 1 heterocycles. The van der Waals surface area contributed by atoms with Crippen LogP contribution in [0.5, 0.6) is 11.5 Å². The number of nitrogens with one attached hydrogen (secondary N) is 1. The van der Waals surface area contributed by atoms with Crippen molar-refractivity contribution in [1.29, 1.82) is 0 Å². The average Bonchev–Trinajstić information content (AvgIpc) is 2.78. The number of hydrogen-bond donors (Lipinski definition) is 1. The summed E-state index contributed by atoms with van der Waals surface area (Å²) < 4.78 is 10.5. The highest BCUT2D eigenvalue weighted by Crippen LogP contribution is 2.30. The smallest absolute Gasteiger partial charge is 0.254 e. The van der Waals surface area contributed by atoms with Gasteiger partial charge in [0.15, 0.2) is 0 Å². The molecule has 0 aliphatic carbocycles. The molecule has 2 aromatic carbocycles. The molecule has 0 unspecified atom stereocenters. The molecule has 0 atom stereocenters. The molecular formula is C23H28ClN3O4. The van der Waals surface area contributed by atoms with Gasteiger partial charge in [-0.05, 0) is 43.2 Å². The maximum atomic E-state index is 13.0. The molecule has 0 spiro atoms. The number of amides is 2. The highest BCUT2D eigenvalue weighted by molar-refractivity contribution is 6.31. The topological polar surface area (TPSA) is 71.1 Å². The number of methoxy groups -OCH3 is 2. The van der Waals surface area contributed by atoms with E-state index < -0.39 is 0 Å². The van der Waals surface area contributed by atoms with Crippen LogP contribution in [0.3, 0.4) is 0 Å². The molecule has 1 fully saturated rings. The maximum Gasteiger partial charge on any atom is 0.254 e. The van der Waals surface area contributed by atoms with Crippen LogP contribution in [0.15, 0.2) is 36.4 Å². The monoisotopic (exact) mass is 445 g/mol. The lowest BCUT2D eigenvalue weighted by Crippen LogP contribution is -2.41. The molecule has 166 valence electrons. The van der Waals surface area contributed by atoms with E-state index in [2.05, 4.69) is 5.32 Å². The van der Waals surface area contributed by atoms with Crippen LogP contribution in [-0.4, -0.2) is 58.1 Å². The highest BCUT2D eigenvalue weighted by Gasteiger charge is 2.28. The fourth-order valence-corrected chi connectivity index (χ4v) is 3.86. The lowest BCUT2D eigenvalue weighted by molar-refractivity contribution is -0.121. The first-order valence-electron chi connectivity index (χ1n) is 10.1. The fourth-order valence-electron chi connectivity index (χ4n) is 3.69. The van der Waals surface area contributed by atoms with Gasteiger partial charge in [0.25, 0.3) is 5.91 Å². The summed E-state index contributed by atoms with van der Waals surface area (Å²) in [6.07, 6.45) is 1.19. The number of piperidine rings is 1. The number of likely N-dealkylation sites (tertiary alicyclic amines) is 1. The van der Waals surface area contributed by atoms with E-state index >= 15 is 0 Å². The van der Waals surface area contributed by atoms with E-state index in [9.17, 15) is 9.59 Å². The van der Waals surface area contributed by atoms with Gasteiger partial charge in [0.05, 0.1) is 25.6 Å². The van der Waals surface area contributed by atoms with E-state index in [0.717, 1.165) is 5.69 Å². The number of hydrogen-bond acceptors (Lipinski definition) is 5. The van der Waals surface area contributed by atoms with E-state index in [1.807, 2.05) is 25.1 Å². The molecule has 2 aromatic rings. The lowest BCUT2D eigenvalue weighted by atomic mass is 9.95. The first-order chi connectivity index (χ1) is 14.8. The quantitative estimate of drug-likeness (QED) is 0.729. The van der Waals surface area contributed by atoms with Crippen LogP contribution < -0.4 is 19.7 Å². The standard InChI is InChI=1S/C23H28ClN3O4/c1-26(2)21-6-5-17(24)13-20(21)25-22(28)15-7-9-27(10-8-15)23(29)16-11-18(30-3)14-19(12-16)31-4/h5-6,11-15H,7-10H2,1-4H3,(H,25,28). The second-order valence-corrected chi connectivity index (χ2v) is 8.15. The predicted octanol–water partition coefficient (Wildman–Crippen LogP) is 3.91. The van der Waals surface area contributed by atoms with E-state index in [1.54, 1.807) is 49.5 Å². The fraction of sp³-hybridized carbons (Fsp3) is 0.391. The van der Waals surface area contributed by atoms with Gasteiger partial charge in [-0.1, -0.05) is 11.6 Å². The number of rotatable bonds is 6. The first kappa shape index (κ1) is 22.7. The van der Waals surface area contributed by atoms with Crippen LogP contribution in [0.4, 0.5) is 11.4 Å². The lowest BCUT2D eigenvalue weighted by Gasteiger charge is -2.32. The Kier molecular flexibility index (Phi) is 7.28. The summed E-state index contributed by atoms with van der Waals surface area (Å²) in [5, 5.41) is 3.57. The molecule has 1 aliphatic rings. The van der Waals surface area contributed by atoms with Gasteiger partial charge >= 0.3 is 0 Å². The molecular weight excluding hydrogens is 418 g/mol. The van der Waals surface area contributed by atoms with E-state index in [-0.39, 0.29) is 17.7 Å². The van der Waals surface area contributed by atoms with Gasteiger partial charge in [0.1, 0.15) is 11.5 Å². The Bertz CT molecular complexity index is 934. The number of ether oxygens (including phenoxy) is 2. The van der Waals surface area contributed by atoms with Crippen molar-refractivity contribution in [2.75, 3.05) is 51.6 Å². The minimum absolute atomic E-state index is 0.0551. The van der Waals surface area contributed by atoms with E-state index in [0.29, 0.717) is 53.7 Å². The molecule has 0 saturated carbocycles. The molecule has 0 aromatic heterocycles. The van der Waals surface area contributed by atoms with Crippen molar-refractivity contribution in [3.05, 3.63) is 47.0 Å². The molecule has 8 heteroatoms. The Hall–Kier alpha value is -2.93. The van der Waals surface area contributed by atoms with Crippen molar-refractivity contribution >= 4 is 34.8 Å². The van der Waals surface area contributed by atoms with Crippen LogP contribution in [-0.2, 0) is 4.79 Å². The molecule has 1 saturated heterocycles. The predicted molar refractivity (Wildman–Crippen MR) is 123 cm³/mol. The Balaban J connectivity index is 1.64. The third-order valence-corrected chi connectivity index (χ3v) is 5.68. The van der Waals surface area contributed by atoms with Crippen LogP contribution in [0.2, 0.25) is 5.02 Å². The molecule has 1 aliphatic heterocycles. The number of carbonyl (C=O) groups excluding carboxylic acids is 2. The van der Waals surface area contributed by atoms with Crippen LogP contribution >= 0.6 is 11.6 Å². The molecule has 1 N–H and O–H groups in total. The Labute approximate surface area is 187 Å². The number of benzene rings is 2. The first-order valence-corrected chi connectivity index (χ1v) is 10.5. The van der Waals surface area contributed by atoms with E-state index in [1.165, 1.54) is 0 Å². The SMILES string of the molecule is COc1cc(OC)cc(C(=O)N2CCC(C(=O)Nc3cc(Cl)ccc3N(C)C)CC2)c1. The normalized spacial score (nSPS) is 14.2. The largest absolute Gasteiger partial charge is 0.497 e. The molecule has 2 amide bonds. The average molecular weight is 446 g/mol. The van der Waals surface area contributed by atoms with Crippen molar-refractivity contribution in [2.45, 2.75) is 12.8 Å². The summed E-state index contributed by atoms with van der Waals surface area (Å²) in [6.45, 7) is 1.01. The minimum atomic E-state index is -0.169. The molecule has 31 heavy (non-hydrogen) atoms. The number of carbonyl (C=O) groups is 2. The van der Waals surface area contributed by atoms with E-state index in [4.69, 9.17) is 21.1 Å². The summed E-state index contributed by atoms with van der Waals surface area (Å²) in [5.74, 6) is 0.810. The second-order valence-electron chi connectivity index (χ2n) is 7.71. The van der Waals surface area contributed by atoms with Crippen molar-refractivity contribution < 1.29 is 19.1 Å². The van der Waals surface area contributed by atoms with Crippen LogP contribution in [0.25, 0.3) is 0 Å². The zero-order chi connectivity index (χ0) is 22.5. The third-order valence-electron chi connectivity index (χ3n) is 5.45. The minimum Gasteiger partial charge on any atom is -0.497 e. The maximum absolute atomic E-state index is 13.0. The zero-order valence-electron chi connectivity index (χ0n) is 18.3. The van der Waals surface area contributed by atoms with Crippen molar-refractivity contribution in [3.8, 4) is 11.5 Å². The molecule has 3 rings (SSSR count). The molecule has 7 nitrogen and oxygen atoms in total. The van der Waals surface area contributed by atoms with Crippen molar-refractivity contribution in [3.63, 3.8) is 0 Å². The number of nitrogens with zero attached hydrogens (tertiary/aromatic N) is 2. The van der Waals surface area contributed by atoms with Gasteiger partial charge in [-0.2, -0.15) is 0 Å². The Morgan fingerprint density at radius 2 is 1.65 bits per heavy atom. The van der Waals surface area contributed by atoms with Gasteiger partial charge in [-0.25, -0.2) is 0 Å². The van der Waals surface area contributed by atoms with Gasteiger partial charge < -0.3 is 24.6 Å². The summed E-state index contributed by atoms with van der Waals surface area (Å²) in [7, 11) is 6.93. The Morgan fingerprint density at radius 1 is 1.03 bits per heavy atom. The molecule has 0 radical (unpaired) electrons. The summed E-state index contributed by atoms with van der Waals surface area (Å²) in [4.78, 5) is 29.5. The zero-order valence-corrected chi connectivity index (χ0v) is 19.0. The van der Waals surface area contributed by atoms with Crippen LogP contribution in [0, 0.1) is 5.92 Å². The van der Waals surface area contributed by atoms with Gasteiger partial charge in [-0.3, -0.25) is 9.59 Å². The summed E-state index contributed by atoms with van der Waals surface area (Å²) in [6, 6.07) is 10.6. The van der Waals surface area contributed by atoms with Crippen LogP contribution in [0.1, 0.15) is 23.2 Å². The summed E-state index contributed by atoms with van der Waals surface area (Å²) >= 11 is 6.11. The highest BCUT2D eigenvalue weighted by atomic mass is 35.5.